The van der Waals surface area contributed by atoms with Crippen LogP contribution in [-0.2, 0) is 19.4 Å². The number of hydrogen-bond donors (Lipinski definition) is 0. The lowest BCUT2D eigenvalue weighted by Crippen LogP contribution is -2.57. The van der Waals surface area contributed by atoms with Crippen LogP contribution in [0.2, 0.25) is 0 Å². The lowest BCUT2D eigenvalue weighted by Gasteiger charge is -2.38. The molecule has 1 aliphatic rings. The van der Waals surface area contributed by atoms with Gasteiger partial charge in [0.2, 0.25) is 5.91 Å². The Labute approximate surface area is 110 Å². The van der Waals surface area contributed by atoms with Crippen LogP contribution in [0.1, 0.15) is 0 Å². The van der Waals surface area contributed by atoms with Crippen LogP contribution in [0.3, 0.4) is 0 Å². The van der Waals surface area contributed by atoms with Gasteiger partial charge in [-0.3, -0.25) is 4.79 Å². The van der Waals surface area contributed by atoms with E-state index in [1.807, 2.05) is 0 Å². The van der Waals surface area contributed by atoms with Gasteiger partial charge < -0.3 is 9.64 Å². The van der Waals surface area contributed by atoms with E-state index in [1.54, 1.807) is 0 Å². The van der Waals surface area contributed by atoms with Crippen molar-refractivity contribution in [2.45, 2.75) is 10.1 Å². The number of sulfone groups is 1. The quantitative estimate of drug-likeness (QED) is 0.755. The first-order valence-corrected chi connectivity index (χ1v) is 7.26. The maximum absolute atomic E-state index is 12.8. The largest absolute Gasteiger partial charge is 0.375 e. The Morgan fingerprint density at radius 1 is 1.37 bits per heavy atom. The van der Waals surface area contributed by atoms with E-state index in [2.05, 4.69) is 0 Å². The van der Waals surface area contributed by atoms with Gasteiger partial charge in [-0.1, -0.05) is 0 Å². The molecule has 0 saturated carbocycles. The predicted octanol–water partition coefficient (Wildman–Crippen LogP) is 0.457. The fraction of sp³-hybridized carbons (Fsp3) is 0.417. The molecule has 7 heteroatoms. The van der Waals surface area contributed by atoms with Crippen molar-refractivity contribution in [3.63, 3.8) is 0 Å². The first kappa shape index (κ1) is 14.0. The number of halogens is 1. The van der Waals surface area contributed by atoms with E-state index in [0.29, 0.717) is 0 Å². The Balaban J connectivity index is 2.04. The van der Waals surface area contributed by atoms with Crippen molar-refractivity contribution in [1.82, 2.24) is 4.90 Å². The molecule has 0 aromatic heterocycles. The highest BCUT2D eigenvalue weighted by Gasteiger charge is 2.40. The van der Waals surface area contributed by atoms with Crippen molar-refractivity contribution < 1.29 is 22.3 Å². The minimum atomic E-state index is -3.50. The molecule has 0 spiro atoms. The minimum Gasteiger partial charge on any atom is -0.375 e. The van der Waals surface area contributed by atoms with Crippen LogP contribution >= 0.6 is 0 Å². The van der Waals surface area contributed by atoms with Crippen LogP contribution in [0.25, 0.3) is 0 Å². The smallest absolute Gasteiger partial charge is 0.248 e. The van der Waals surface area contributed by atoms with E-state index in [0.717, 1.165) is 12.1 Å². The number of rotatable bonds is 4. The van der Waals surface area contributed by atoms with E-state index < -0.39 is 20.9 Å². The molecule has 0 radical (unpaired) electrons. The zero-order valence-electron chi connectivity index (χ0n) is 10.4. The van der Waals surface area contributed by atoms with Gasteiger partial charge in [0.1, 0.15) is 17.7 Å². The Bertz CT molecular complexity index is 564. The number of benzene rings is 1. The summed E-state index contributed by atoms with van der Waals surface area (Å²) in [5, 5.41) is -0.626. The Kier molecular flexibility index (Phi) is 3.86. The fourth-order valence-electron chi connectivity index (χ4n) is 1.87. The topological polar surface area (TPSA) is 63.7 Å². The maximum Gasteiger partial charge on any atom is 0.248 e. The molecule has 1 aliphatic heterocycles. The average Bonchev–Trinajstić information content (AvgIpc) is 2.27. The number of hydrogen-bond acceptors (Lipinski definition) is 4. The van der Waals surface area contributed by atoms with Gasteiger partial charge in [0.15, 0.2) is 9.84 Å². The number of likely N-dealkylation sites (tertiary alicyclic amines) is 1. The summed E-state index contributed by atoms with van der Waals surface area (Å²) in [4.78, 5) is 12.9. The summed E-state index contributed by atoms with van der Waals surface area (Å²) in [6, 6.07) is 4.70. The lowest BCUT2D eigenvalue weighted by atomic mass is 10.2. The number of ether oxygens (including phenoxy) is 1. The van der Waals surface area contributed by atoms with E-state index in [9.17, 15) is 17.6 Å². The Morgan fingerprint density at radius 2 is 1.95 bits per heavy atom. The van der Waals surface area contributed by atoms with Crippen LogP contribution in [0.4, 0.5) is 4.39 Å². The second-order valence-corrected chi connectivity index (χ2v) is 6.58. The van der Waals surface area contributed by atoms with Gasteiger partial charge in [0, 0.05) is 20.2 Å². The zero-order valence-corrected chi connectivity index (χ0v) is 11.2. The van der Waals surface area contributed by atoms with Gasteiger partial charge in [-0.2, -0.15) is 0 Å². The molecule has 5 nitrogen and oxygen atoms in total. The molecule has 0 aliphatic carbocycles. The van der Waals surface area contributed by atoms with Crippen molar-refractivity contribution in [3.05, 3.63) is 30.1 Å². The molecule has 1 aromatic carbocycles. The first-order valence-electron chi connectivity index (χ1n) is 5.71. The third-order valence-corrected chi connectivity index (χ3v) is 5.15. The van der Waals surface area contributed by atoms with Crippen LogP contribution < -0.4 is 0 Å². The predicted molar refractivity (Wildman–Crippen MR) is 65.8 cm³/mol. The summed E-state index contributed by atoms with van der Waals surface area (Å²) >= 11 is 0. The van der Waals surface area contributed by atoms with Crippen molar-refractivity contribution in [3.8, 4) is 0 Å². The standard InChI is InChI=1S/C12H14FNO4S/c1-18-8-12(15)14-6-11(7-14)19(16,17)10-4-2-9(13)3-5-10/h2-5,11H,6-8H2,1H3. The van der Waals surface area contributed by atoms with E-state index in [4.69, 9.17) is 4.74 Å². The van der Waals surface area contributed by atoms with Gasteiger partial charge in [-0.15, -0.1) is 0 Å². The van der Waals surface area contributed by atoms with Gasteiger partial charge in [-0.05, 0) is 24.3 Å². The fourth-order valence-corrected chi connectivity index (χ4v) is 3.52. The second kappa shape index (κ2) is 5.26. The van der Waals surface area contributed by atoms with Crippen molar-refractivity contribution in [1.29, 1.82) is 0 Å². The van der Waals surface area contributed by atoms with Gasteiger partial charge in [0.25, 0.3) is 0 Å². The zero-order chi connectivity index (χ0) is 14.0. The summed E-state index contributed by atoms with van der Waals surface area (Å²) in [5.41, 5.74) is 0. The van der Waals surface area contributed by atoms with E-state index >= 15 is 0 Å². The monoisotopic (exact) mass is 287 g/mol. The molecule has 19 heavy (non-hydrogen) atoms. The van der Waals surface area contributed by atoms with Crippen LogP contribution in [-0.4, -0.2) is 51.3 Å². The molecular formula is C12H14FNO4S. The third kappa shape index (κ3) is 2.76. The minimum absolute atomic E-state index is 0.0523. The molecule has 1 saturated heterocycles. The average molecular weight is 287 g/mol. The molecule has 1 fully saturated rings. The van der Waals surface area contributed by atoms with Crippen LogP contribution in [0.15, 0.2) is 29.2 Å². The van der Waals surface area contributed by atoms with Crippen molar-refractivity contribution in [2.24, 2.45) is 0 Å². The third-order valence-electron chi connectivity index (χ3n) is 3.05. The molecule has 2 rings (SSSR count). The molecule has 0 unspecified atom stereocenters. The van der Waals surface area contributed by atoms with Gasteiger partial charge in [0.05, 0.1) is 4.90 Å². The van der Waals surface area contributed by atoms with Crippen molar-refractivity contribution in [2.75, 3.05) is 26.8 Å². The highest BCUT2D eigenvalue weighted by molar-refractivity contribution is 7.92. The summed E-state index contributed by atoms with van der Waals surface area (Å²) < 4.78 is 41.8. The molecule has 1 heterocycles. The SMILES string of the molecule is COCC(=O)N1CC(S(=O)(=O)c2ccc(F)cc2)C1. The number of amides is 1. The first-order chi connectivity index (χ1) is 8.95. The molecule has 1 aromatic rings. The van der Waals surface area contributed by atoms with Crippen molar-refractivity contribution >= 4 is 15.7 Å². The summed E-state index contributed by atoms with van der Waals surface area (Å²) in [7, 11) is -2.09. The second-order valence-electron chi connectivity index (χ2n) is 4.35. The highest BCUT2D eigenvalue weighted by atomic mass is 32.2. The summed E-state index contributed by atoms with van der Waals surface area (Å²) in [5.74, 6) is -0.711. The van der Waals surface area contributed by atoms with E-state index in [1.165, 1.54) is 24.1 Å². The number of methoxy groups -OCH3 is 1. The molecular weight excluding hydrogens is 273 g/mol. The number of nitrogens with zero attached hydrogens (tertiary/aromatic N) is 1. The molecule has 104 valence electrons. The van der Waals surface area contributed by atoms with Gasteiger partial charge in [-0.25, -0.2) is 12.8 Å². The van der Waals surface area contributed by atoms with Gasteiger partial charge >= 0.3 is 0 Å². The maximum atomic E-state index is 12.8. The number of carbonyl (C=O) groups excluding carboxylic acids is 1. The molecule has 0 bridgehead atoms. The molecule has 0 N–H and O–H groups in total. The lowest BCUT2D eigenvalue weighted by molar-refractivity contribution is -0.138. The summed E-state index contributed by atoms with van der Waals surface area (Å²) in [6.45, 7) is 0.257. The number of carbonyl (C=O) groups is 1. The van der Waals surface area contributed by atoms with Crippen LogP contribution in [0.5, 0.6) is 0 Å². The highest BCUT2D eigenvalue weighted by Crippen LogP contribution is 2.23. The van der Waals surface area contributed by atoms with E-state index in [-0.39, 0.29) is 30.5 Å². The molecule has 1 amide bonds. The Hall–Kier alpha value is -1.47. The Morgan fingerprint density at radius 3 is 2.47 bits per heavy atom. The normalized spacial score (nSPS) is 16.2. The van der Waals surface area contributed by atoms with Crippen LogP contribution in [0, 0.1) is 5.82 Å². The molecule has 0 atom stereocenters. The summed E-state index contributed by atoms with van der Waals surface area (Å²) in [6.07, 6.45) is 0.